The summed E-state index contributed by atoms with van der Waals surface area (Å²) in [7, 11) is 0. The molecule has 1 aliphatic rings. The first kappa shape index (κ1) is 27.8. The van der Waals surface area contributed by atoms with Gasteiger partial charge in [0.05, 0.1) is 6.04 Å². The molecule has 0 unspecified atom stereocenters. The highest BCUT2D eigenvalue weighted by Gasteiger charge is 2.31. The van der Waals surface area contributed by atoms with Crippen molar-refractivity contribution in [2.75, 3.05) is 26.2 Å². The van der Waals surface area contributed by atoms with Gasteiger partial charge in [0.2, 0.25) is 0 Å². The van der Waals surface area contributed by atoms with E-state index in [0.29, 0.717) is 6.61 Å². The van der Waals surface area contributed by atoms with E-state index in [4.69, 9.17) is 4.74 Å². The highest BCUT2D eigenvalue weighted by molar-refractivity contribution is 5.85. The maximum atomic E-state index is 12.5. The van der Waals surface area contributed by atoms with Crippen molar-refractivity contribution >= 4 is 24.8 Å². The molecule has 9 heteroatoms. The summed E-state index contributed by atoms with van der Waals surface area (Å²) in [6, 6.07) is 23.9. The highest BCUT2D eigenvalue weighted by atomic mass is 35.5. The highest BCUT2D eigenvalue weighted by Crippen LogP contribution is 2.32. The molecule has 34 heavy (non-hydrogen) atoms. The number of nitrogens with zero attached hydrogens (tertiary/aromatic N) is 1. The van der Waals surface area contributed by atoms with Crippen molar-refractivity contribution in [3.63, 3.8) is 0 Å². The third kappa shape index (κ3) is 7.81. The zero-order valence-electron chi connectivity index (χ0n) is 18.3. The predicted octanol–water partition coefficient (Wildman–Crippen LogP) is 6.00. The molecule has 1 saturated heterocycles. The van der Waals surface area contributed by atoms with Gasteiger partial charge in [-0.2, -0.15) is 0 Å². The van der Waals surface area contributed by atoms with Crippen LogP contribution in [0, 0.1) is 0 Å². The Morgan fingerprint density at radius 3 is 1.82 bits per heavy atom. The zero-order chi connectivity index (χ0) is 22.4. The molecule has 0 amide bonds. The fraction of sp³-hybridized carbons (Fsp3) is 0.280. The molecule has 1 N–H and O–H groups in total. The quantitative estimate of drug-likeness (QED) is 0.419. The molecule has 0 aliphatic carbocycles. The smallest absolute Gasteiger partial charge is 0.489 e. The Balaban J connectivity index is 0.00000204. The molecule has 3 aromatic rings. The summed E-state index contributed by atoms with van der Waals surface area (Å²) < 4.78 is 47.5. The topological polar surface area (TPSA) is 33.7 Å². The van der Waals surface area contributed by atoms with Gasteiger partial charge in [0.15, 0.2) is 0 Å². The van der Waals surface area contributed by atoms with Crippen LogP contribution in [-0.2, 0) is 6.61 Å². The Kier molecular flexibility index (Phi) is 10.5. The molecule has 4 rings (SSSR count). The van der Waals surface area contributed by atoms with E-state index in [1.54, 1.807) is 12.1 Å². The summed E-state index contributed by atoms with van der Waals surface area (Å²) in [6.07, 6.45) is -4.70. The Labute approximate surface area is 209 Å². The second-order valence-corrected chi connectivity index (χ2v) is 7.65. The van der Waals surface area contributed by atoms with Crippen LogP contribution in [0.4, 0.5) is 13.2 Å². The second-order valence-electron chi connectivity index (χ2n) is 7.65. The fourth-order valence-corrected chi connectivity index (χ4v) is 3.89. The molecule has 4 nitrogen and oxygen atoms in total. The van der Waals surface area contributed by atoms with Gasteiger partial charge in [-0.15, -0.1) is 38.0 Å². The van der Waals surface area contributed by atoms with E-state index in [-0.39, 0.29) is 36.6 Å². The summed E-state index contributed by atoms with van der Waals surface area (Å²) in [6.45, 7) is 3.91. The lowest BCUT2D eigenvalue weighted by molar-refractivity contribution is -0.274. The van der Waals surface area contributed by atoms with Crippen LogP contribution in [0.5, 0.6) is 11.5 Å². The van der Waals surface area contributed by atoms with E-state index in [0.717, 1.165) is 48.6 Å². The SMILES string of the molecule is Cl.Cl.FC(F)(F)Oc1ccc([C@H](c2ccc(OCc3ccccc3)cc2)N2CCNCC2)cc1. The molecule has 1 heterocycles. The number of nitrogens with one attached hydrogen (secondary N) is 1. The molecule has 0 aromatic heterocycles. The minimum Gasteiger partial charge on any atom is -0.489 e. The number of ether oxygens (including phenoxy) is 2. The molecular weight excluding hydrogens is 488 g/mol. The lowest BCUT2D eigenvalue weighted by atomic mass is 9.96. The maximum absolute atomic E-state index is 12.5. The van der Waals surface area contributed by atoms with Crippen LogP contribution in [0.25, 0.3) is 0 Å². The van der Waals surface area contributed by atoms with Gasteiger partial charge in [0.1, 0.15) is 18.1 Å². The summed E-state index contributed by atoms with van der Waals surface area (Å²) in [5, 5.41) is 3.34. The van der Waals surface area contributed by atoms with Gasteiger partial charge >= 0.3 is 6.36 Å². The molecule has 1 atom stereocenters. The van der Waals surface area contributed by atoms with Gasteiger partial charge in [-0.1, -0.05) is 54.6 Å². The fourth-order valence-electron chi connectivity index (χ4n) is 3.89. The van der Waals surface area contributed by atoms with Crippen LogP contribution in [0.2, 0.25) is 0 Å². The second kappa shape index (κ2) is 12.9. The number of hydrogen-bond donors (Lipinski definition) is 1. The summed E-state index contributed by atoms with van der Waals surface area (Å²) >= 11 is 0. The largest absolute Gasteiger partial charge is 0.573 e. The van der Waals surface area contributed by atoms with Gasteiger partial charge in [-0.05, 0) is 41.0 Å². The number of benzene rings is 3. The van der Waals surface area contributed by atoms with Crippen LogP contribution in [0.15, 0.2) is 78.9 Å². The maximum Gasteiger partial charge on any atom is 0.573 e. The molecule has 1 fully saturated rings. The molecular formula is C25H27Cl2F3N2O2. The van der Waals surface area contributed by atoms with Gasteiger partial charge in [-0.3, -0.25) is 4.90 Å². The van der Waals surface area contributed by atoms with Crippen LogP contribution < -0.4 is 14.8 Å². The van der Waals surface area contributed by atoms with Crippen molar-refractivity contribution in [2.24, 2.45) is 0 Å². The summed E-state index contributed by atoms with van der Waals surface area (Å²) in [4.78, 5) is 2.33. The molecule has 0 radical (unpaired) electrons. The minimum absolute atomic E-state index is 0. The minimum atomic E-state index is -4.70. The van der Waals surface area contributed by atoms with Gasteiger partial charge in [0, 0.05) is 26.2 Å². The van der Waals surface area contributed by atoms with E-state index in [1.165, 1.54) is 12.1 Å². The number of halogens is 5. The van der Waals surface area contributed by atoms with E-state index in [9.17, 15) is 13.2 Å². The lowest BCUT2D eigenvalue weighted by Gasteiger charge is -2.35. The van der Waals surface area contributed by atoms with Crippen molar-refractivity contribution in [1.29, 1.82) is 0 Å². The first-order valence-electron chi connectivity index (χ1n) is 10.6. The summed E-state index contributed by atoms with van der Waals surface area (Å²) in [5.74, 6) is 0.551. The van der Waals surface area contributed by atoms with Gasteiger partial charge in [-0.25, -0.2) is 0 Å². The van der Waals surface area contributed by atoms with Crippen LogP contribution in [0.1, 0.15) is 22.7 Å². The lowest BCUT2D eigenvalue weighted by Crippen LogP contribution is -2.45. The van der Waals surface area contributed by atoms with Crippen molar-refractivity contribution in [2.45, 2.75) is 19.0 Å². The van der Waals surface area contributed by atoms with Crippen molar-refractivity contribution in [3.05, 3.63) is 95.6 Å². The normalized spacial score (nSPS) is 14.9. The first-order chi connectivity index (χ1) is 15.5. The standard InChI is InChI=1S/C25H25F3N2O2.2ClH/c26-25(27,28)32-23-12-8-21(9-13-23)24(30-16-14-29-15-17-30)20-6-10-22(11-7-20)31-18-19-4-2-1-3-5-19;;/h1-13,24,29H,14-18H2;2*1H/t24-;;/m0../s1. The molecule has 3 aromatic carbocycles. The Hall–Kier alpha value is -2.45. The number of rotatable bonds is 7. The van der Waals surface area contributed by atoms with Crippen LogP contribution in [-0.4, -0.2) is 37.4 Å². The predicted molar refractivity (Wildman–Crippen MR) is 131 cm³/mol. The summed E-state index contributed by atoms with van der Waals surface area (Å²) in [5.41, 5.74) is 3.07. The van der Waals surface area contributed by atoms with Crippen molar-refractivity contribution in [3.8, 4) is 11.5 Å². The third-order valence-electron chi connectivity index (χ3n) is 5.39. The van der Waals surface area contributed by atoms with Gasteiger partial charge < -0.3 is 14.8 Å². The zero-order valence-corrected chi connectivity index (χ0v) is 20.0. The van der Waals surface area contributed by atoms with Crippen LogP contribution in [0.3, 0.4) is 0 Å². The molecule has 1 aliphatic heterocycles. The van der Waals surface area contributed by atoms with E-state index < -0.39 is 6.36 Å². The monoisotopic (exact) mass is 514 g/mol. The van der Waals surface area contributed by atoms with Crippen molar-refractivity contribution in [1.82, 2.24) is 10.2 Å². The molecule has 0 bridgehead atoms. The van der Waals surface area contributed by atoms with Crippen LogP contribution >= 0.6 is 24.8 Å². The Morgan fingerprint density at radius 1 is 0.765 bits per heavy atom. The average Bonchev–Trinajstić information content (AvgIpc) is 2.80. The third-order valence-corrected chi connectivity index (χ3v) is 5.39. The van der Waals surface area contributed by atoms with E-state index in [1.807, 2.05) is 54.6 Å². The molecule has 0 saturated carbocycles. The van der Waals surface area contributed by atoms with E-state index in [2.05, 4.69) is 15.0 Å². The number of alkyl halides is 3. The van der Waals surface area contributed by atoms with Gasteiger partial charge in [0.25, 0.3) is 0 Å². The average molecular weight is 515 g/mol. The Morgan fingerprint density at radius 2 is 1.29 bits per heavy atom. The first-order valence-corrected chi connectivity index (χ1v) is 10.6. The van der Waals surface area contributed by atoms with Crippen molar-refractivity contribution < 1.29 is 22.6 Å². The van der Waals surface area contributed by atoms with E-state index >= 15 is 0 Å². The molecule has 0 spiro atoms. The molecule has 184 valence electrons. The number of piperazine rings is 1. The Bertz CT molecular complexity index is 982. The number of hydrogen-bond acceptors (Lipinski definition) is 4.